The molecule has 0 fully saturated rings. The first-order chi connectivity index (χ1) is 9.06. The van der Waals surface area contributed by atoms with Crippen LogP contribution in [-0.4, -0.2) is 5.78 Å². The highest BCUT2D eigenvalue weighted by Crippen LogP contribution is 2.16. The molecule has 2 heteroatoms. The molecule has 0 bridgehead atoms. The largest absolute Gasteiger partial charge is 0.294 e. The molecular formula is C17H17BrO. The van der Waals surface area contributed by atoms with E-state index < -0.39 is 0 Å². The predicted molar refractivity (Wildman–Crippen MR) is 82.7 cm³/mol. The Morgan fingerprint density at radius 2 is 1.89 bits per heavy atom. The number of rotatable bonds is 4. The summed E-state index contributed by atoms with van der Waals surface area (Å²) in [7, 11) is 0. The van der Waals surface area contributed by atoms with Crippen molar-refractivity contribution in [1.82, 2.24) is 0 Å². The van der Waals surface area contributed by atoms with Crippen molar-refractivity contribution in [2.75, 3.05) is 0 Å². The molecule has 2 aromatic carbocycles. The summed E-state index contributed by atoms with van der Waals surface area (Å²) >= 11 is 3.45. The SMILES string of the molecule is Cc1ccc(C(=O)CCc2cccc(Br)c2)c(C)c1. The highest BCUT2D eigenvalue weighted by Gasteiger charge is 2.09. The number of aryl methyl sites for hydroxylation is 3. The van der Waals surface area contributed by atoms with Gasteiger partial charge in [-0.05, 0) is 43.5 Å². The number of carbonyl (C=O) groups is 1. The molecule has 2 rings (SSSR count). The molecule has 0 aromatic heterocycles. The Hall–Kier alpha value is -1.41. The average Bonchev–Trinajstić information content (AvgIpc) is 2.36. The molecule has 0 amide bonds. The van der Waals surface area contributed by atoms with Crippen molar-refractivity contribution in [2.24, 2.45) is 0 Å². The zero-order valence-electron chi connectivity index (χ0n) is 11.2. The summed E-state index contributed by atoms with van der Waals surface area (Å²) in [5, 5.41) is 0. The lowest BCUT2D eigenvalue weighted by molar-refractivity contribution is 0.0982. The van der Waals surface area contributed by atoms with Crippen LogP contribution in [0.4, 0.5) is 0 Å². The highest BCUT2D eigenvalue weighted by molar-refractivity contribution is 9.10. The Kier molecular flexibility index (Phi) is 4.54. The van der Waals surface area contributed by atoms with Gasteiger partial charge in [0.25, 0.3) is 0 Å². The molecule has 0 aliphatic carbocycles. The molecule has 2 aromatic rings. The van der Waals surface area contributed by atoms with Crippen LogP contribution in [0.1, 0.15) is 33.5 Å². The minimum Gasteiger partial charge on any atom is -0.294 e. The van der Waals surface area contributed by atoms with Crippen molar-refractivity contribution < 1.29 is 4.79 Å². The third-order valence-corrected chi connectivity index (χ3v) is 3.71. The van der Waals surface area contributed by atoms with Crippen LogP contribution >= 0.6 is 15.9 Å². The van der Waals surface area contributed by atoms with Crippen LogP contribution in [-0.2, 0) is 6.42 Å². The Bertz CT molecular complexity index is 602. The Morgan fingerprint density at radius 3 is 2.58 bits per heavy atom. The topological polar surface area (TPSA) is 17.1 Å². The molecule has 0 spiro atoms. The van der Waals surface area contributed by atoms with Gasteiger partial charge in [0.05, 0.1) is 0 Å². The fourth-order valence-corrected chi connectivity index (χ4v) is 2.66. The van der Waals surface area contributed by atoms with E-state index in [1.807, 2.05) is 38.1 Å². The number of hydrogen-bond acceptors (Lipinski definition) is 1. The van der Waals surface area contributed by atoms with Gasteiger partial charge in [-0.25, -0.2) is 0 Å². The van der Waals surface area contributed by atoms with E-state index in [9.17, 15) is 4.79 Å². The van der Waals surface area contributed by atoms with E-state index in [1.165, 1.54) is 11.1 Å². The maximum absolute atomic E-state index is 12.2. The minimum absolute atomic E-state index is 0.220. The van der Waals surface area contributed by atoms with Gasteiger partial charge in [0.1, 0.15) is 0 Å². The van der Waals surface area contributed by atoms with Crippen molar-refractivity contribution in [3.63, 3.8) is 0 Å². The third-order valence-electron chi connectivity index (χ3n) is 3.21. The maximum atomic E-state index is 12.2. The smallest absolute Gasteiger partial charge is 0.163 e. The van der Waals surface area contributed by atoms with Crippen molar-refractivity contribution in [3.05, 3.63) is 69.2 Å². The van der Waals surface area contributed by atoms with E-state index in [-0.39, 0.29) is 5.78 Å². The molecule has 0 atom stereocenters. The summed E-state index contributed by atoms with van der Waals surface area (Å²) < 4.78 is 1.06. The number of hydrogen-bond donors (Lipinski definition) is 0. The number of ketones is 1. The van der Waals surface area contributed by atoms with E-state index in [2.05, 4.69) is 34.1 Å². The molecule has 19 heavy (non-hydrogen) atoms. The zero-order chi connectivity index (χ0) is 13.8. The van der Waals surface area contributed by atoms with Crippen molar-refractivity contribution in [3.8, 4) is 0 Å². The summed E-state index contributed by atoms with van der Waals surface area (Å²) in [5.41, 5.74) is 4.30. The first kappa shape index (κ1) is 14.0. The number of Topliss-reactive ketones (excluding diaryl/α,β-unsaturated/α-hetero) is 1. The Labute approximate surface area is 122 Å². The summed E-state index contributed by atoms with van der Waals surface area (Å²) in [6.45, 7) is 4.04. The molecule has 1 nitrogen and oxygen atoms in total. The minimum atomic E-state index is 0.220. The zero-order valence-corrected chi connectivity index (χ0v) is 12.8. The molecule has 0 heterocycles. The quantitative estimate of drug-likeness (QED) is 0.734. The fraction of sp³-hybridized carbons (Fsp3) is 0.235. The van der Waals surface area contributed by atoms with E-state index in [1.54, 1.807) is 0 Å². The van der Waals surface area contributed by atoms with Gasteiger partial charge in [-0.3, -0.25) is 4.79 Å². The monoisotopic (exact) mass is 316 g/mol. The lowest BCUT2D eigenvalue weighted by Gasteiger charge is -2.06. The number of benzene rings is 2. The average molecular weight is 317 g/mol. The second-order valence-electron chi connectivity index (χ2n) is 4.87. The van der Waals surface area contributed by atoms with Crippen LogP contribution < -0.4 is 0 Å². The molecule has 0 unspecified atom stereocenters. The lowest BCUT2D eigenvalue weighted by Crippen LogP contribution is -2.03. The lowest BCUT2D eigenvalue weighted by atomic mass is 9.98. The molecule has 0 aliphatic heterocycles. The fourth-order valence-electron chi connectivity index (χ4n) is 2.21. The Balaban J connectivity index is 2.05. The normalized spacial score (nSPS) is 10.5. The van der Waals surface area contributed by atoms with Gasteiger partial charge in [-0.15, -0.1) is 0 Å². The van der Waals surface area contributed by atoms with Gasteiger partial charge in [0.2, 0.25) is 0 Å². The van der Waals surface area contributed by atoms with Crippen LogP contribution in [0, 0.1) is 13.8 Å². The van der Waals surface area contributed by atoms with Crippen LogP contribution in [0.2, 0.25) is 0 Å². The maximum Gasteiger partial charge on any atom is 0.163 e. The second kappa shape index (κ2) is 6.16. The van der Waals surface area contributed by atoms with Crippen molar-refractivity contribution in [1.29, 1.82) is 0 Å². The molecule has 0 N–H and O–H groups in total. The van der Waals surface area contributed by atoms with Crippen LogP contribution in [0.5, 0.6) is 0 Å². The van der Waals surface area contributed by atoms with Crippen LogP contribution in [0.15, 0.2) is 46.9 Å². The second-order valence-corrected chi connectivity index (χ2v) is 5.79. The number of halogens is 1. The third kappa shape index (κ3) is 3.77. The summed E-state index contributed by atoms with van der Waals surface area (Å²) in [6, 6.07) is 14.1. The summed E-state index contributed by atoms with van der Waals surface area (Å²) in [6.07, 6.45) is 1.34. The molecule has 98 valence electrons. The standard InChI is InChI=1S/C17H17BrO/c1-12-6-8-16(13(2)10-12)17(19)9-7-14-4-3-5-15(18)11-14/h3-6,8,10-11H,7,9H2,1-2H3. The van der Waals surface area contributed by atoms with Gasteiger partial charge < -0.3 is 0 Å². The van der Waals surface area contributed by atoms with Gasteiger partial charge in [-0.1, -0.05) is 51.8 Å². The van der Waals surface area contributed by atoms with E-state index >= 15 is 0 Å². The highest BCUT2D eigenvalue weighted by atomic mass is 79.9. The van der Waals surface area contributed by atoms with E-state index in [0.29, 0.717) is 6.42 Å². The van der Waals surface area contributed by atoms with E-state index in [4.69, 9.17) is 0 Å². The first-order valence-corrected chi connectivity index (χ1v) is 7.20. The molecule has 0 aliphatic rings. The summed E-state index contributed by atoms with van der Waals surface area (Å²) in [5.74, 6) is 0.220. The van der Waals surface area contributed by atoms with E-state index in [0.717, 1.165) is 22.0 Å². The van der Waals surface area contributed by atoms with Gasteiger partial charge >= 0.3 is 0 Å². The van der Waals surface area contributed by atoms with Crippen molar-refractivity contribution in [2.45, 2.75) is 26.7 Å². The molecule has 0 radical (unpaired) electrons. The van der Waals surface area contributed by atoms with Crippen molar-refractivity contribution >= 4 is 21.7 Å². The van der Waals surface area contributed by atoms with Crippen LogP contribution in [0.3, 0.4) is 0 Å². The summed E-state index contributed by atoms with van der Waals surface area (Å²) in [4.78, 5) is 12.2. The Morgan fingerprint density at radius 1 is 1.11 bits per heavy atom. The first-order valence-electron chi connectivity index (χ1n) is 6.41. The van der Waals surface area contributed by atoms with Gasteiger partial charge in [0.15, 0.2) is 5.78 Å². The molecule has 0 saturated heterocycles. The number of carbonyl (C=O) groups excluding carboxylic acids is 1. The molecular weight excluding hydrogens is 300 g/mol. The van der Waals surface area contributed by atoms with Gasteiger partial charge in [-0.2, -0.15) is 0 Å². The molecule has 0 saturated carbocycles. The van der Waals surface area contributed by atoms with Crippen LogP contribution in [0.25, 0.3) is 0 Å². The predicted octanol–water partition coefficient (Wildman–Crippen LogP) is 4.88. The van der Waals surface area contributed by atoms with Gasteiger partial charge in [0, 0.05) is 16.5 Å².